The molecule has 0 atom stereocenters. The molecule has 1 N–H and O–H groups in total. The Balaban J connectivity index is 1.43. The lowest BCUT2D eigenvalue weighted by molar-refractivity contribution is -0.121. The van der Waals surface area contributed by atoms with Gasteiger partial charge in [0.25, 0.3) is 0 Å². The van der Waals surface area contributed by atoms with E-state index >= 15 is 0 Å². The Morgan fingerprint density at radius 1 is 1.07 bits per heavy atom. The highest BCUT2D eigenvalue weighted by molar-refractivity contribution is 7.89. The van der Waals surface area contributed by atoms with Crippen LogP contribution in [0.15, 0.2) is 53.4 Å². The highest BCUT2D eigenvalue weighted by Crippen LogP contribution is 2.26. The van der Waals surface area contributed by atoms with Gasteiger partial charge in [0.15, 0.2) is 0 Å². The van der Waals surface area contributed by atoms with Crippen LogP contribution in [0.2, 0.25) is 0 Å². The molecule has 1 aliphatic rings. The standard InChI is InChI=1S/C21H24F2N2O3S/c22-18-7-8-20(23)17(14-18)15-24-21(26)9-6-16-10-12-25(13-11-16)29(27,28)19-4-2-1-3-5-19/h1-5,7-8,14,16H,6,9-13,15H2,(H,24,26). The van der Waals surface area contributed by atoms with E-state index in [0.717, 1.165) is 18.2 Å². The zero-order chi connectivity index (χ0) is 20.9. The van der Waals surface area contributed by atoms with Gasteiger partial charge in [0.2, 0.25) is 15.9 Å². The molecule has 0 unspecified atom stereocenters. The second-order valence-corrected chi connectivity index (χ2v) is 9.15. The average Bonchev–Trinajstić information content (AvgIpc) is 2.74. The maximum Gasteiger partial charge on any atom is 0.243 e. The number of piperidine rings is 1. The maximum absolute atomic E-state index is 13.6. The molecule has 1 amide bonds. The zero-order valence-corrected chi connectivity index (χ0v) is 16.8. The number of hydrogen-bond donors (Lipinski definition) is 1. The van der Waals surface area contributed by atoms with Gasteiger partial charge in [-0.3, -0.25) is 4.79 Å². The fourth-order valence-corrected chi connectivity index (χ4v) is 4.97. The molecule has 2 aromatic rings. The van der Waals surface area contributed by atoms with E-state index in [4.69, 9.17) is 0 Å². The summed E-state index contributed by atoms with van der Waals surface area (Å²) in [6, 6.07) is 11.5. The van der Waals surface area contributed by atoms with Crippen LogP contribution in [0.25, 0.3) is 0 Å². The minimum absolute atomic E-state index is 0.0593. The van der Waals surface area contributed by atoms with Crippen molar-refractivity contribution in [3.63, 3.8) is 0 Å². The van der Waals surface area contributed by atoms with Crippen molar-refractivity contribution in [3.05, 3.63) is 65.7 Å². The van der Waals surface area contributed by atoms with Gasteiger partial charge in [0, 0.05) is 31.6 Å². The molecule has 5 nitrogen and oxygen atoms in total. The molecule has 0 saturated carbocycles. The third-order valence-electron chi connectivity index (χ3n) is 5.22. The molecule has 0 aliphatic carbocycles. The molecule has 0 bridgehead atoms. The van der Waals surface area contributed by atoms with Crippen LogP contribution in [0, 0.1) is 17.6 Å². The Bertz CT molecular complexity index is 944. The third-order valence-corrected chi connectivity index (χ3v) is 7.13. The van der Waals surface area contributed by atoms with Gasteiger partial charge in [-0.2, -0.15) is 4.31 Å². The van der Waals surface area contributed by atoms with Crippen LogP contribution in [-0.2, 0) is 21.4 Å². The van der Waals surface area contributed by atoms with Crippen molar-refractivity contribution >= 4 is 15.9 Å². The number of nitrogens with one attached hydrogen (secondary N) is 1. The summed E-state index contributed by atoms with van der Waals surface area (Å²) in [6.07, 6.45) is 2.29. The first-order chi connectivity index (χ1) is 13.9. The smallest absolute Gasteiger partial charge is 0.243 e. The minimum atomic E-state index is -3.48. The lowest BCUT2D eigenvalue weighted by Crippen LogP contribution is -2.38. The van der Waals surface area contributed by atoms with Gasteiger partial charge in [-0.1, -0.05) is 18.2 Å². The zero-order valence-electron chi connectivity index (χ0n) is 16.0. The topological polar surface area (TPSA) is 66.5 Å². The van der Waals surface area contributed by atoms with Gasteiger partial charge in [-0.15, -0.1) is 0 Å². The number of hydrogen-bond acceptors (Lipinski definition) is 3. The minimum Gasteiger partial charge on any atom is -0.352 e. The van der Waals surface area contributed by atoms with E-state index in [-0.39, 0.29) is 30.4 Å². The summed E-state index contributed by atoms with van der Waals surface area (Å²) in [7, 11) is -3.48. The van der Waals surface area contributed by atoms with Gasteiger partial charge in [0.05, 0.1) is 4.90 Å². The third kappa shape index (κ3) is 5.61. The first-order valence-electron chi connectivity index (χ1n) is 9.62. The van der Waals surface area contributed by atoms with Crippen LogP contribution in [0.1, 0.15) is 31.2 Å². The lowest BCUT2D eigenvalue weighted by atomic mass is 9.93. The van der Waals surface area contributed by atoms with Crippen LogP contribution in [-0.4, -0.2) is 31.7 Å². The fourth-order valence-electron chi connectivity index (χ4n) is 3.48. The Morgan fingerprint density at radius 3 is 2.45 bits per heavy atom. The number of amides is 1. The van der Waals surface area contributed by atoms with Gasteiger partial charge >= 0.3 is 0 Å². The van der Waals surface area contributed by atoms with Crippen LogP contribution in [0.3, 0.4) is 0 Å². The second-order valence-electron chi connectivity index (χ2n) is 7.21. The highest BCUT2D eigenvalue weighted by Gasteiger charge is 2.29. The van der Waals surface area contributed by atoms with Crippen LogP contribution in [0.4, 0.5) is 8.78 Å². The molecule has 1 saturated heterocycles. The summed E-state index contributed by atoms with van der Waals surface area (Å²) in [6.45, 7) is 0.798. The molecule has 1 fully saturated rings. The predicted molar refractivity (Wildman–Crippen MR) is 105 cm³/mol. The van der Waals surface area contributed by atoms with Crippen molar-refractivity contribution in [3.8, 4) is 0 Å². The lowest BCUT2D eigenvalue weighted by Gasteiger charge is -2.31. The molecular weight excluding hydrogens is 398 g/mol. The number of rotatable bonds is 7. The molecule has 156 valence electrons. The molecular formula is C21H24F2N2O3S. The molecule has 8 heteroatoms. The Kier molecular flexibility index (Phi) is 6.97. The van der Waals surface area contributed by atoms with E-state index in [1.807, 2.05) is 0 Å². The Labute approximate surface area is 169 Å². The number of carbonyl (C=O) groups excluding carboxylic acids is 1. The molecule has 3 rings (SSSR count). The summed E-state index contributed by atoms with van der Waals surface area (Å²) >= 11 is 0. The quantitative estimate of drug-likeness (QED) is 0.743. The molecule has 2 aromatic carbocycles. The summed E-state index contributed by atoms with van der Waals surface area (Å²) in [4.78, 5) is 12.3. The number of carbonyl (C=O) groups is 1. The molecule has 0 spiro atoms. The first-order valence-corrected chi connectivity index (χ1v) is 11.1. The van der Waals surface area contributed by atoms with E-state index < -0.39 is 21.7 Å². The number of benzene rings is 2. The fraction of sp³-hybridized carbons (Fsp3) is 0.381. The maximum atomic E-state index is 13.6. The van der Waals surface area contributed by atoms with Gasteiger partial charge in [-0.05, 0) is 55.5 Å². The van der Waals surface area contributed by atoms with Crippen molar-refractivity contribution in [2.24, 2.45) is 5.92 Å². The summed E-state index contributed by atoms with van der Waals surface area (Å²) < 4.78 is 53.5. The van der Waals surface area contributed by atoms with Crippen molar-refractivity contribution in [2.75, 3.05) is 13.1 Å². The van der Waals surface area contributed by atoms with Crippen molar-refractivity contribution in [1.82, 2.24) is 9.62 Å². The van der Waals surface area contributed by atoms with Gasteiger partial charge in [-0.25, -0.2) is 17.2 Å². The number of halogens is 2. The summed E-state index contributed by atoms with van der Waals surface area (Å²) in [5.74, 6) is -1.08. The van der Waals surface area contributed by atoms with E-state index in [1.54, 1.807) is 30.3 Å². The Morgan fingerprint density at radius 2 is 1.76 bits per heavy atom. The summed E-state index contributed by atoms with van der Waals surface area (Å²) in [5.41, 5.74) is 0.109. The summed E-state index contributed by atoms with van der Waals surface area (Å²) in [5, 5.41) is 2.61. The van der Waals surface area contributed by atoms with Crippen LogP contribution < -0.4 is 5.32 Å². The van der Waals surface area contributed by atoms with E-state index in [9.17, 15) is 22.0 Å². The average molecular weight is 422 g/mol. The molecule has 29 heavy (non-hydrogen) atoms. The monoisotopic (exact) mass is 422 g/mol. The molecule has 1 heterocycles. The van der Waals surface area contributed by atoms with Crippen LogP contribution in [0.5, 0.6) is 0 Å². The van der Waals surface area contributed by atoms with Crippen molar-refractivity contribution in [1.29, 1.82) is 0 Å². The first kappa shape index (κ1) is 21.4. The normalized spacial score (nSPS) is 15.9. The van der Waals surface area contributed by atoms with Gasteiger partial charge < -0.3 is 5.32 Å². The molecule has 1 aliphatic heterocycles. The van der Waals surface area contributed by atoms with Crippen LogP contribution >= 0.6 is 0 Å². The largest absolute Gasteiger partial charge is 0.352 e. The van der Waals surface area contributed by atoms with Gasteiger partial charge in [0.1, 0.15) is 11.6 Å². The van der Waals surface area contributed by atoms with Crippen molar-refractivity contribution < 1.29 is 22.0 Å². The van der Waals surface area contributed by atoms with Crippen molar-refractivity contribution in [2.45, 2.75) is 37.1 Å². The highest BCUT2D eigenvalue weighted by atomic mass is 32.2. The number of nitrogens with zero attached hydrogens (tertiary/aromatic N) is 1. The van der Waals surface area contributed by atoms with E-state index in [1.165, 1.54) is 4.31 Å². The SMILES string of the molecule is O=C(CCC1CCN(S(=O)(=O)c2ccccc2)CC1)NCc1cc(F)ccc1F. The predicted octanol–water partition coefficient (Wildman–Crippen LogP) is 3.46. The number of sulfonamides is 1. The molecule has 0 radical (unpaired) electrons. The van der Waals surface area contributed by atoms with E-state index in [0.29, 0.717) is 37.2 Å². The van der Waals surface area contributed by atoms with E-state index in [2.05, 4.69) is 5.32 Å². The Hall–Kier alpha value is -2.32. The second kappa shape index (κ2) is 9.45. The molecule has 0 aromatic heterocycles.